The summed E-state index contributed by atoms with van der Waals surface area (Å²) in [6.45, 7) is 1.64. The molecule has 1 heterocycles. The van der Waals surface area contributed by atoms with Crippen molar-refractivity contribution in [3.8, 4) is 0 Å². The Morgan fingerprint density at radius 1 is 1.00 bits per heavy atom. The Hall–Kier alpha value is -2.27. The van der Waals surface area contributed by atoms with Gasteiger partial charge in [-0.25, -0.2) is 13.2 Å². The minimum absolute atomic E-state index is 0.0981. The molecule has 0 saturated carbocycles. The molecule has 2 nitrogen and oxygen atoms in total. The van der Waals surface area contributed by atoms with E-state index in [0.29, 0.717) is 22.6 Å². The zero-order valence-corrected chi connectivity index (χ0v) is 11.0. The van der Waals surface area contributed by atoms with Crippen LogP contribution in [0.3, 0.4) is 0 Å². The average Bonchev–Trinajstić information content (AvgIpc) is 2.75. The minimum atomic E-state index is -1.39. The molecule has 21 heavy (non-hydrogen) atoms. The molecule has 5 heteroatoms. The molecule has 0 fully saturated rings. The van der Waals surface area contributed by atoms with Crippen LogP contribution < -0.4 is 0 Å². The fourth-order valence-corrected chi connectivity index (χ4v) is 2.34. The molecule has 0 amide bonds. The number of benzene rings is 2. The highest BCUT2D eigenvalue weighted by atomic mass is 19.1. The predicted octanol–water partition coefficient (Wildman–Crippen LogP) is 4.24. The summed E-state index contributed by atoms with van der Waals surface area (Å²) in [4.78, 5) is 0. The quantitative estimate of drug-likeness (QED) is 0.766. The molecule has 3 aromatic rings. The van der Waals surface area contributed by atoms with Crippen molar-refractivity contribution >= 4 is 11.0 Å². The van der Waals surface area contributed by atoms with Gasteiger partial charge in [-0.2, -0.15) is 0 Å². The maximum absolute atomic E-state index is 13.7. The minimum Gasteiger partial charge on any atom is -0.458 e. The number of halogens is 3. The molecule has 0 aliphatic carbocycles. The van der Waals surface area contributed by atoms with Gasteiger partial charge in [0, 0.05) is 22.6 Å². The van der Waals surface area contributed by atoms with E-state index in [1.165, 1.54) is 18.2 Å². The summed E-state index contributed by atoms with van der Waals surface area (Å²) in [5.41, 5.74) is 0.810. The summed E-state index contributed by atoms with van der Waals surface area (Å²) in [6.07, 6.45) is -1.39. The molecule has 0 aliphatic heterocycles. The van der Waals surface area contributed by atoms with Crippen molar-refractivity contribution < 1.29 is 22.7 Å². The molecule has 0 radical (unpaired) electrons. The fraction of sp³-hybridized carbons (Fsp3) is 0.125. The lowest BCUT2D eigenvalue weighted by atomic mass is 10.0. The summed E-state index contributed by atoms with van der Waals surface area (Å²) >= 11 is 0. The number of rotatable bonds is 2. The van der Waals surface area contributed by atoms with Crippen LogP contribution in [0.2, 0.25) is 0 Å². The Balaban J connectivity index is 2.13. The second-order valence-electron chi connectivity index (χ2n) is 4.80. The summed E-state index contributed by atoms with van der Waals surface area (Å²) in [5.74, 6) is -1.91. The van der Waals surface area contributed by atoms with Crippen LogP contribution in [0.15, 0.2) is 40.8 Å². The molecular weight excluding hydrogens is 281 g/mol. The lowest BCUT2D eigenvalue weighted by Crippen LogP contribution is -2.03. The first-order valence-corrected chi connectivity index (χ1v) is 6.29. The molecule has 0 saturated heterocycles. The van der Waals surface area contributed by atoms with Gasteiger partial charge in [0.1, 0.15) is 34.9 Å². The van der Waals surface area contributed by atoms with Crippen LogP contribution in [0.25, 0.3) is 11.0 Å². The normalized spacial score (nSPS) is 12.8. The number of aliphatic hydroxyl groups is 1. The third-order valence-electron chi connectivity index (χ3n) is 3.44. The van der Waals surface area contributed by atoms with Gasteiger partial charge < -0.3 is 9.52 Å². The summed E-state index contributed by atoms with van der Waals surface area (Å²) in [6, 6.07) is 6.86. The highest BCUT2D eigenvalue weighted by Crippen LogP contribution is 2.34. The Morgan fingerprint density at radius 3 is 2.38 bits per heavy atom. The smallest absolute Gasteiger partial charge is 0.141 e. The number of fused-ring (bicyclic) bond motifs is 1. The van der Waals surface area contributed by atoms with E-state index >= 15 is 0 Å². The van der Waals surface area contributed by atoms with Gasteiger partial charge in [-0.15, -0.1) is 0 Å². The van der Waals surface area contributed by atoms with Gasteiger partial charge in [0.25, 0.3) is 0 Å². The van der Waals surface area contributed by atoms with E-state index in [1.54, 1.807) is 6.92 Å². The molecule has 0 spiro atoms. The zero-order valence-electron chi connectivity index (χ0n) is 11.0. The Bertz CT molecular complexity index is 824. The van der Waals surface area contributed by atoms with Crippen molar-refractivity contribution in [1.29, 1.82) is 0 Å². The standard InChI is InChI=1S/C16H11F3O2/c1-8-12-6-9(17)3-5-14(12)21-16(8)15(20)11-4-2-10(18)7-13(11)19/h2-7,15,20H,1H3. The number of hydrogen-bond acceptors (Lipinski definition) is 2. The van der Waals surface area contributed by atoms with Gasteiger partial charge in [-0.05, 0) is 31.2 Å². The lowest BCUT2D eigenvalue weighted by molar-refractivity contribution is 0.186. The zero-order chi connectivity index (χ0) is 15.1. The van der Waals surface area contributed by atoms with Crippen molar-refractivity contribution in [1.82, 2.24) is 0 Å². The van der Waals surface area contributed by atoms with Crippen LogP contribution >= 0.6 is 0 Å². The summed E-state index contributed by atoms with van der Waals surface area (Å²) in [7, 11) is 0. The van der Waals surface area contributed by atoms with Crippen molar-refractivity contribution in [3.05, 3.63) is 70.7 Å². The largest absolute Gasteiger partial charge is 0.458 e. The van der Waals surface area contributed by atoms with E-state index in [-0.39, 0.29) is 11.3 Å². The SMILES string of the molecule is Cc1c(C(O)c2ccc(F)cc2F)oc2ccc(F)cc12. The van der Waals surface area contributed by atoms with E-state index in [4.69, 9.17) is 4.42 Å². The van der Waals surface area contributed by atoms with Gasteiger partial charge >= 0.3 is 0 Å². The van der Waals surface area contributed by atoms with E-state index < -0.39 is 23.6 Å². The molecule has 3 rings (SSSR count). The lowest BCUT2D eigenvalue weighted by Gasteiger charge is -2.10. The van der Waals surface area contributed by atoms with Crippen molar-refractivity contribution in [2.24, 2.45) is 0 Å². The van der Waals surface area contributed by atoms with Crippen LogP contribution in [-0.2, 0) is 0 Å². The third-order valence-corrected chi connectivity index (χ3v) is 3.44. The Labute approximate surface area is 118 Å². The van der Waals surface area contributed by atoms with E-state index in [9.17, 15) is 18.3 Å². The molecular formula is C16H11F3O2. The molecule has 1 aromatic heterocycles. The van der Waals surface area contributed by atoms with Crippen LogP contribution in [0.4, 0.5) is 13.2 Å². The third kappa shape index (κ3) is 2.29. The topological polar surface area (TPSA) is 33.4 Å². The van der Waals surface area contributed by atoms with Crippen LogP contribution in [0.5, 0.6) is 0 Å². The molecule has 108 valence electrons. The number of hydrogen-bond donors (Lipinski definition) is 1. The Morgan fingerprint density at radius 2 is 1.67 bits per heavy atom. The highest BCUT2D eigenvalue weighted by molar-refractivity contribution is 5.82. The molecule has 0 aliphatic rings. The van der Waals surface area contributed by atoms with Crippen molar-refractivity contribution in [2.75, 3.05) is 0 Å². The van der Waals surface area contributed by atoms with E-state index in [0.717, 1.165) is 12.1 Å². The van der Waals surface area contributed by atoms with E-state index in [2.05, 4.69) is 0 Å². The second kappa shape index (κ2) is 4.93. The summed E-state index contributed by atoms with van der Waals surface area (Å²) in [5, 5.41) is 10.8. The molecule has 0 bridgehead atoms. The molecule has 1 atom stereocenters. The average molecular weight is 292 g/mol. The second-order valence-corrected chi connectivity index (χ2v) is 4.80. The molecule has 2 aromatic carbocycles. The number of aliphatic hydroxyl groups excluding tert-OH is 1. The summed E-state index contributed by atoms with van der Waals surface area (Å²) < 4.78 is 45.4. The maximum atomic E-state index is 13.7. The van der Waals surface area contributed by atoms with Crippen LogP contribution in [0, 0.1) is 24.4 Å². The number of furan rings is 1. The molecule has 1 N–H and O–H groups in total. The van der Waals surface area contributed by atoms with Gasteiger partial charge in [0.05, 0.1) is 0 Å². The monoisotopic (exact) mass is 292 g/mol. The van der Waals surface area contributed by atoms with Gasteiger partial charge in [0.2, 0.25) is 0 Å². The van der Waals surface area contributed by atoms with Gasteiger partial charge in [0.15, 0.2) is 0 Å². The first-order chi connectivity index (χ1) is 9.97. The number of aryl methyl sites for hydroxylation is 1. The van der Waals surface area contributed by atoms with E-state index in [1.807, 2.05) is 0 Å². The van der Waals surface area contributed by atoms with Gasteiger partial charge in [-0.1, -0.05) is 6.07 Å². The van der Waals surface area contributed by atoms with Crippen LogP contribution in [0.1, 0.15) is 23.0 Å². The fourth-order valence-electron chi connectivity index (χ4n) is 2.34. The van der Waals surface area contributed by atoms with Crippen LogP contribution in [-0.4, -0.2) is 5.11 Å². The first-order valence-electron chi connectivity index (χ1n) is 6.29. The Kier molecular flexibility index (Phi) is 3.22. The maximum Gasteiger partial charge on any atom is 0.141 e. The van der Waals surface area contributed by atoms with Crippen molar-refractivity contribution in [2.45, 2.75) is 13.0 Å². The first kappa shape index (κ1) is 13.7. The predicted molar refractivity (Wildman–Crippen MR) is 71.3 cm³/mol. The molecule has 1 unspecified atom stereocenters. The highest BCUT2D eigenvalue weighted by Gasteiger charge is 2.23. The van der Waals surface area contributed by atoms with Crippen molar-refractivity contribution in [3.63, 3.8) is 0 Å². The van der Waals surface area contributed by atoms with Gasteiger partial charge in [-0.3, -0.25) is 0 Å².